The minimum atomic E-state index is -3.75. The van der Waals surface area contributed by atoms with Crippen LogP contribution in [-0.4, -0.2) is 26.1 Å². The maximum Gasteiger partial charge on any atom is 0.303 e. The van der Waals surface area contributed by atoms with Gasteiger partial charge < -0.3 is 9.84 Å². The summed E-state index contributed by atoms with van der Waals surface area (Å²) >= 11 is 0. The SMILES string of the molecule is CCOc1ccccc1NS(=O)(=O)c1ccc(CCC(=O)O)cc1. The molecule has 0 spiro atoms. The molecule has 2 aromatic carbocycles. The summed E-state index contributed by atoms with van der Waals surface area (Å²) in [6, 6.07) is 13.0. The maximum atomic E-state index is 12.5. The Morgan fingerprint density at radius 3 is 2.42 bits per heavy atom. The predicted molar refractivity (Wildman–Crippen MR) is 90.8 cm³/mol. The van der Waals surface area contributed by atoms with Gasteiger partial charge in [-0.1, -0.05) is 24.3 Å². The van der Waals surface area contributed by atoms with E-state index in [9.17, 15) is 13.2 Å². The molecule has 0 aliphatic heterocycles. The molecule has 0 saturated heterocycles. The standard InChI is InChI=1S/C17H19NO5S/c1-2-23-16-6-4-3-5-15(16)18-24(21,22)14-10-7-13(8-11-14)9-12-17(19)20/h3-8,10-11,18H,2,9,12H2,1H3,(H,19,20). The number of sulfonamides is 1. The summed E-state index contributed by atoms with van der Waals surface area (Å²) in [6.45, 7) is 2.25. The first-order valence-electron chi connectivity index (χ1n) is 7.48. The van der Waals surface area contributed by atoms with Gasteiger partial charge in [0.05, 0.1) is 17.2 Å². The van der Waals surface area contributed by atoms with Gasteiger partial charge in [-0.25, -0.2) is 8.42 Å². The molecule has 0 unspecified atom stereocenters. The summed E-state index contributed by atoms with van der Waals surface area (Å²) in [5, 5.41) is 8.67. The number of benzene rings is 2. The number of para-hydroxylation sites is 2. The molecule has 0 aliphatic carbocycles. The number of carbonyl (C=O) groups is 1. The van der Waals surface area contributed by atoms with Crippen molar-refractivity contribution >= 4 is 21.7 Å². The minimum Gasteiger partial charge on any atom is -0.492 e. The normalized spacial score (nSPS) is 11.0. The summed E-state index contributed by atoms with van der Waals surface area (Å²) in [5.74, 6) is -0.428. The third-order valence-corrected chi connectivity index (χ3v) is 4.67. The summed E-state index contributed by atoms with van der Waals surface area (Å²) in [5.41, 5.74) is 1.14. The van der Waals surface area contributed by atoms with Crippen LogP contribution in [0, 0.1) is 0 Å². The van der Waals surface area contributed by atoms with Crippen molar-refractivity contribution in [2.24, 2.45) is 0 Å². The number of aliphatic carboxylic acids is 1. The Balaban J connectivity index is 2.17. The van der Waals surface area contributed by atoms with E-state index in [1.807, 2.05) is 6.92 Å². The van der Waals surface area contributed by atoms with E-state index in [1.54, 1.807) is 36.4 Å². The van der Waals surface area contributed by atoms with Crippen LogP contribution in [0.1, 0.15) is 18.9 Å². The van der Waals surface area contributed by atoms with Gasteiger partial charge in [0, 0.05) is 6.42 Å². The summed E-state index contributed by atoms with van der Waals surface area (Å²) in [7, 11) is -3.75. The van der Waals surface area contributed by atoms with Crippen LogP contribution in [0.25, 0.3) is 0 Å². The highest BCUT2D eigenvalue weighted by atomic mass is 32.2. The zero-order valence-electron chi connectivity index (χ0n) is 13.2. The van der Waals surface area contributed by atoms with Gasteiger partial charge >= 0.3 is 5.97 Å². The molecule has 2 N–H and O–H groups in total. The van der Waals surface area contributed by atoms with Gasteiger partial charge in [-0.15, -0.1) is 0 Å². The van der Waals surface area contributed by atoms with Crippen molar-refractivity contribution in [2.75, 3.05) is 11.3 Å². The molecule has 0 atom stereocenters. The lowest BCUT2D eigenvalue weighted by atomic mass is 10.1. The average Bonchev–Trinajstić information content (AvgIpc) is 2.55. The highest BCUT2D eigenvalue weighted by molar-refractivity contribution is 7.92. The van der Waals surface area contributed by atoms with Gasteiger partial charge in [0.25, 0.3) is 10.0 Å². The number of carboxylic acids is 1. The Hall–Kier alpha value is -2.54. The van der Waals surface area contributed by atoms with E-state index in [0.29, 0.717) is 24.5 Å². The molecule has 2 rings (SSSR count). The predicted octanol–water partition coefficient (Wildman–Crippen LogP) is 2.90. The van der Waals surface area contributed by atoms with Crippen molar-refractivity contribution in [1.82, 2.24) is 0 Å². The van der Waals surface area contributed by atoms with E-state index in [-0.39, 0.29) is 11.3 Å². The van der Waals surface area contributed by atoms with E-state index >= 15 is 0 Å². The summed E-state index contributed by atoms with van der Waals surface area (Å²) in [6.07, 6.45) is 0.363. The highest BCUT2D eigenvalue weighted by Gasteiger charge is 2.16. The third kappa shape index (κ3) is 4.73. The van der Waals surface area contributed by atoms with Gasteiger partial charge in [0.2, 0.25) is 0 Å². The van der Waals surface area contributed by atoms with Gasteiger partial charge in [-0.05, 0) is 43.2 Å². The van der Waals surface area contributed by atoms with Crippen LogP contribution in [-0.2, 0) is 21.2 Å². The Morgan fingerprint density at radius 1 is 1.12 bits per heavy atom. The lowest BCUT2D eigenvalue weighted by Crippen LogP contribution is -2.14. The zero-order chi connectivity index (χ0) is 17.6. The summed E-state index contributed by atoms with van der Waals surface area (Å²) < 4.78 is 32.9. The van der Waals surface area contributed by atoms with Crippen LogP contribution in [0.15, 0.2) is 53.4 Å². The number of nitrogens with one attached hydrogen (secondary N) is 1. The third-order valence-electron chi connectivity index (χ3n) is 3.29. The molecule has 0 saturated carbocycles. The van der Waals surface area contributed by atoms with Crippen molar-refractivity contribution in [2.45, 2.75) is 24.7 Å². The molecule has 7 heteroatoms. The first-order valence-corrected chi connectivity index (χ1v) is 8.96. The van der Waals surface area contributed by atoms with Crippen LogP contribution >= 0.6 is 0 Å². The Kier molecular flexibility index (Phi) is 5.81. The Bertz CT molecular complexity index is 800. The number of anilines is 1. The first-order chi connectivity index (χ1) is 11.4. The second-order valence-corrected chi connectivity index (χ2v) is 6.75. The molecule has 0 aliphatic rings. The molecular formula is C17H19NO5S. The van der Waals surface area contributed by atoms with Crippen LogP contribution in [0.4, 0.5) is 5.69 Å². The topological polar surface area (TPSA) is 92.7 Å². The smallest absolute Gasteiger partial charge is 0.303 e. The van der Waals surface area contributed by atoms with Crippen molar-refractivity contribution in [3.05, 3.63) is 54.1 Å². The number of hydrogen-bond acceptors (Lipinski definition) is 4. The largest absolute Gasteiger partial charge is 0.492 e. The fourth-order valence-electron chi connectivity index (χ4n) is 2.12. The maximum absolute atomic E-state index is 12.5. The van der Waals surface area contributed by atoms with E-state index in [0.717, 1.165) is 5.56 Å². The quantitative estimate of drug-likeness (QED) is 0.764. The lowest BCUT2D eigenvalue weighted by molar-refractivity contribution is -0.136. The highest BCUT2D eigenvalue weighted by Crippen LogP contribution is 2.26. The monoisotopic (exact) mass is 349 g/mol. The Labute approximate surface area is 141 Å². The number of hydrogen-bond donors (Lipinski definition) is 2. The van der Waals surface area contributed by atoms with E-state index in [1.165, 1.54) is 12.1 Å². The second kappa shape index (κ2) is 7.83. The molecule has 24 heavy (non-hydrogen) atoms. The van der Waals surface area contributed by atoms with Crippen molar-refractivity contribution in [1.29, 1.82) is 0 Å². The van der Waals surface area contributed by atoms with Crippen LogP contribution < -0.4 is 9.46 Å². The fourth-order valence-corrected chi connectivity index (χ4v) is 3.19. The molecular weight excluding hydrogens is 330 g/mol. The van der Waals surface area contributed by atoms with Crippen molar-refractivity contribution in [3.63, 3.8) is 0 Å². The fraction of sp³-hybridized carbons (Fsp3) is 0.235. The second-order valence-electron chi connectivity index (χ2n) is 5.07. The van der Waals surface area contributed by atoms with Gasteiger partial charge in [0.15, 0.2) is 0 Å². The minimum absolute atomic E-state index is 0.00603. The molecule has 2 aromatic rings. The molecule has 0 amide bonds. The average molecular weight is 349 g/mol. The molecule has 128 valence electrons. The zero-order valence-corrected chi connectivity index (χ0v) is 14.0. The van der Waals surface area contributed by atoms with E-state index < -0.39 is 16.0 Å². The van der Waals surface area contributed by atoms with Crippen LogP contribution in [0.2, 0.25) is 0 Å². The van der Waals surface area contributed by atoms with Gasteiger partial charge in [-0.3, -0.25) is 9.52 Å². The van der Waals surface area contributed by atoms with Gasteiger partial charge in [-0.2, -0.15) is 0 Å². The molecule has 0 fully saturated rings. The van der Waals surface area contributed by atoms with Crippen LogP contribution in [0.5, 0.6) is 5.75 Å². The number of aryl methyl sites for hydroxylation is 1. The molecule has 6 nitrogen and oxygen atoms in total. The number of rotatable bonds is 8. The summed E-state index contributed by atoms with van der Waals surface area (Å²) in [4.78, 5) is 10.7. The van der Waals surface area contributed by atoms with E-state index in [4.69, 9.17) is 9.84 Å². The first kappa shape index (κ1) is 17.8. The lowest BCUT2D eigenvalue weighted by Gasteiger charge is -2.13. The molecule has 0 aromatic heterocycles. The van der Waals surface area contributed by atoms with Gasteiger partial charge in [0.1, 0.15) is 5.75 Å². The van der Waals surface area contributed by atoms with Crippen molar-refractivity contribution in [3.8, 4) is 5.75 Å². The molecule has 0 bridgehead atoms. The van der Waals surface area contributed by atoms with E-state index in [2.05, 4.69) is 4.72 Å². The number of ether oxygens (including phenoxy) is 1. The molecule has 0 radical (unpaired) electrons. The molecule has 0 heterocycles. The Morgan fingerprint density at radius 2 is 1.79 bits per heavy atom. The van der Waals surface area contributed by atoms with Crippen LogP contribution in [0.3, 0.4) is 0 Å². The van der Waals surface area contributed by atoms with Crippen molar-refractivity contribution < 1.29 is 23.1 Å². The number of carboxylic acid groups (broad SMARTS) is 1.